The zero-order valence-corrected chi connectivity index (χ0v) is 16.3. The molecule has 0 saturated heterocycles. The molecule has 142 valence electrons. The highest BCUT2D eigenvalue weighted by molar-refractivity contribution is 7.99. The minimum Gasteiger partial charge on any atom is -0.469 e. The van der Waals surface area contributed by atoms with Crippen molar-refractivity contribution in [2.24, 2.45) is 0 Å². The van der Waals surface area contributed by atoms with Gasteiger partial charge in [0.25, 0.3) is 0 Å². The molecular weight excluding hydrogens is 352 g/mol. The molecule has 0 atom stereocenters. The lowest BCUT2D eigenvalue weighted by atomic mass is 10.2. The molecule has 1 amide bonds. The van der Waals surface area contributed by atoms with Crippen molar-refractivity contribution in [1.82, 2.24) is 20.1 Å². The summed E-state index contributed by atoms with van der Waals surface area (Å²) >= 11 is 1.36. The van der Waals surface area contributed by atoms with Crippen LogP contribution in [0.3, 0.4) is 0 Å². The second-order valence-corrected chi connectivity index (χ2v) is 6.95. The molecule has 0 saturated carbocycles. The van der Waals surface area contributed by atoms with Crippen LogP contribution < -0.4 is 5.32 Å². The third-order valence-corrected chi connectivity index (χ3v) is 4.52. The standard InChI is InChI=1S/C18H26N4O3S/c1-5-9-22-17(15-7-11-25-14(15)4)20-21-18(22)26-12-16(23)19-8-6-10-24-13(2)3/h5,7,11,13H,1,6,8-10,12H2,2-4H3,(H,19,23). The zero-order chi connectivity index (χ0) is 18.9. The highest BCUT2D eigenvalue weighted by atomic mass is 32.2. The summed E-state index contributed by atoms with van der Waals surface area (Å²) in [7, 11) is 0. The number of thioether (sulfide) groups is 1. The van der Waals surface area contributed by atoms with E-state index in [2.05, 4.69) is 22.1 Å². The van der Waals surface area contributed by atoms with Crippen molar-refractivity contribution < 1.29 is 13.9 Å². The predicted octanol–water partition coefficient (Wildman–Crippen LogP) is 3.06. The Morgan fingerprint density at radius 2 is 2.31 bits per heavy atom. The number of allylic oxidation sites excluding steroid dienone is 1. The van der Waals surface area contributed by atoms with Crippen LogP contribution >= 0.6 is 11.8 Å². The van der Waals surface area contributed by atoms with Crippen molar-refractivity contribution in [1.29, 1.82) is 0 Å². The summed E-state index contributed by atoms with van der Waals surface area (Å²) in [4.78, 5) is 12.0. The molecule has 0 aliphatic rings. The average molecular weight is 378 g/mol. The summed E-state index contributed by atoms with van der Waals surface area (Å²) in [5.41, 5.74) is 0.890. The molecule has 8 heteroatoms. The van der Waals surface area contributed by atoms with E-state index in [1.165, 1.54) is 11.8 Å². The second kappa shape index (κ2) is 10.2. The quantitative estimate of drug-likeness (QED) is 0.368. The van der Waals surface area contributed by atoms with Crippen molar-refractivity contribution in [2.75, 3.05) is 18.9 Å². The number of aromatic nitrogens is 3. The minimum atomic E-state index is -0.0336. The zero-order valence-electron chi connectivity index (χ0n) is 15.5. The van der Waals surface area contributed by atoms with Crippen molar-refractivity contribution in [3.8, 4) is 11.4 Å². The van der Waals surface area contributed by atoms with E-state index in [0.29, 0.717) is 30.7 Å². The molecule has 7 nitrogen and oxygen atoms in total. The molecule has 1 N–H and O–H groups in total. The molecular formula is C18H26N4O3S. The Kier molecular flexibility index (Phi) is 7.93. The summed E-state index contributed by atoms with van der Waals surface area (Å²) in [5, 5.41) is 12.0. The molecule has 0 spiro atoms. The van der Waals surface area contributed by atoms with Crippen LogP contribution in [0.4, 0.5) is 0 Å². The SMILES string of the molecule is C=CCn1c(SCC(=O)NCCCOC(C)C)nnc1-c1ccoc1C. The number of nitrogens with one attached hydrogen (secondary N) is 1. The molecule has 0 bridgehead atoms. The van der Waals surface area contributed by atoms with Gasteiger partial charge in [-0.25, -0.2) is 0 Å². The van der Waals surface area contributed by atoms with Crippen LogP contribution in [0.2, 0.25) is 0 Å². The largest absolute Gasteiger partial charge is 0.469 e. The first-order chi connectivity index (χ1) is 12.5. The van der Waals surface area contributed by atoms with Crippen LogP contribution in [-0.4, -0.2) is 45.7 Å². The van der Waals surface area contributed by atoms with Crippen LogP contribution in [0, 0.1) is 6.92 Å². The Hall–Kier alpha value is -2.06. The molecule has 26 heavy (non-hydrogen) atoms. The van der Waals surface area contributed by atoms with E-state index >= 15 is 0 Å². The Balaban J connectivity index is 1.89. The van der Waals surface area contributed by atoms with E-state index in [4.69, 9.17) is 9.15 Å². The Labute approximate surface area is 158 Å². The van der Waals surface area contributed by atoms with Gasteiger partial charge in [0.1, 0.15) is 5.76 Å². The van der Waals surface area contributed by atoms with Crippen molar-refractivity contribution >= 4 is 17.7 Å². The third-order valence-electron chi connectivity index (χ3n) is 3.56. The number of amides is 1. The number of hydrogen-bond donors (Lipinski definition) is 1. The monoisotopic (exact) mass is 378 g/mol. The van der Waals surface area contributed by atoms with Crippen molar-refractivity contribution in [2.45, 2.75) is 45.0 Å². The first-order valence-corrected chi connectivity index (χ1v) is 9.61. The molecule has 0 aliphatic heterocycles. The van der Waals surface area contributed by atoms with Gasteiger partial charge in [-0.3, -0.25) is 9.36 Å². The maximum Gasteiger partial charge on any atom is 0.230 e. The molecule has 0 aliphatic carbocycles. The van der Waals surface area contributed by atoms with Crippen LogP contribution in [0.15, 0.2) is 34.6 Å². The Bertz CT molecular complexity index is 724. The van der Waals surface area contributed by atoms with Gasteiger partial charge in [-0.2, -0.15) is 0 Å². The lowest BCUT2D eigenvalue weighted by Gasteiger charge is -2.09. The summed E-state index contributed by atoms with van der Waals surface area (Å²) < 4.78 is 12.7. The number of ether oxygens (including phenoxy) is 1. The number of carbonyl (C=O) groups is 1. The van der Waals surface area contributed by atoms with Crippen LogP contribution in [0.25, 0.3) is 11.4 Å². The molecule has 0 fully saturated rings. The van der Waals surface area contributed by atoms with Gasteiger partial charge in [-0.1, -0.05) is 17.8 Å². The van der Waals surface area contributed by atoms with E-state index in [1.807, 2.05) is 31.4 Å². The van der Waals surface area contributed by atoms with Gasteiger partial charge in [-0.05, 0) is 33.3 Å². The average Bonchev–Trinajstić information content (AvgIpc) is 3.18. The first-order valence-electron chi connectivity index (χ1n) is 8.62. The van der Waals surface area contributed by atoms with E-state index in [1.54, 1.807) is 12.3 Å². The van der Waals surface area contributed by atoms with E-state index in [-0.39, 0.29) is 17.8 Å². The summed E-state index contributed by atoms with van der Waals surface area (Å²) in [6, 6.07) is 1.86. The number of nitrogens with zero attached hydrogens (tertiary/aromatic N) is 3. The van der Waals surface area contributed by atoms with Gasteiger partial charge in [-0.15, -0.1) is 16.8 Å². The molecule has 2 heterocycles. The predicted molar refractivity (Wildman–Crippen MR) is 102 cm³/mol. The lowest BCUT2D eigenvalue weighted by Crippen LogP contribution is -2.27. The van der Waals surface area contributed by atoms with Gasteiger partial charge < -0.3 is 14.5 Å². The van der Waals surface area contributed by atoms with Gasteiger partial charge in [0.2, 0.25) is 5.91 Å². The van der Waals surface area contributed by atoms with Crippen LogP contribution in [-0.2, 0) is 16.1 Å². The maximum absolute atomic E-state index is 12.0. The summed E-state index contributed by atoms with van der Waals surface area (Å²) in [5.74, 6) is 1.74. The fraction of sp³-hybridized carbons (Fsp3) is 0.500. The number of aryl methyl sites for hydroxylation is 1. The molecule has 0 radical (unpaired) electrons. The number of hydrogen-bond acceptors (Lipinski definition) is 6. The Morgan fingerprint density at radius 3 is 2.96 bits per heavy atom. The van der Waals surface area contributed by atoms with Gasteiger partial charge >= 0.3 is 0 Å². The number of carbonyl (C=O) groups excluding carboxylic acids is 1. The number of furan rings is 1. The lowest BCUT2D eigenvalue weighted by molar-refractivity contribution is -0.118. The van der Waals surface area contributed by atoms with Gasteiger partial charge in [0, 0.05) is 19.7 Å². The van der Waals surface area contributed by atoms with Crippen LogP contribution in [0.1, 0.15) is 26.0 Å². The molecule has 0 unspecified atom stereocenters. The molecule has 2 rings (SSSR count). The Morgan fingerprint density at radius 1 is 1.50 bits per heavy atom. The number of rotatable bonds is 11. The highest BCUT2D eigenvalue weighted by Crippen LogP contribution is 2.26. The van der Waals surface area contributed by atoms with Crippen LogP contribution in [0.5, 0.6) is 0 Å². The summed E-state index contributed by atoms with van der Waals surface area (Å²) in [6.45, 7) is 11.5. The smallest absolute Gasteiger partial charge is 0.230 e. The van der Waals surface area contributed by atoms with Crippen molar-refractivity contribution in [3.63, 3.8) is 0 Å². The summed E-state index contributed by atoms with van der Waals surface area (Å²) in [6.07, 6.45) is 4.41. The fourth-order valence-electron chi connectivity index (χ4n) is 2.31. The van der Waals surface area contributed by atoms with Gasteiger partial charge in [0.05, 0.1) is 23.7 Å². The van der Waals surface area contributed by atoms with E-state index in [9.17, 15) is 4.79 Å². The maximum atomic E-state index is 12.0. The fourth-order valence-corrected chi connectivity index (χ4v) is 3.08. The second-order valence-electron chi connectivity index (χ2n) is 6.01. The minimum absolute atomic E-state index is 0.0336. The molecule has 2 aromatic heterocycles. The third kappa shape index (κ3) is 5.74. The highest BCUT2D eigenvalue weighted by Gasteiger charge is 2.17. The van der Waals surface area contributed by atoms with E-state index in [0.717, 1.165) is 17.7 Å². The van der Waals surface area contributed by atoms with Gasteiger partial charge in [0.15, 0.2) is 11.0 Å². The van der Waals surface area contributed by atoms with E-state index < -0.39 is 0 Å². The van der Waals surface area contributed by atoms with Crippen molar-refractivity contribution in [3.05, 3.63) is 30.7 Å². The topological polar surface area (TPSA) is 82.2 Å². The first kappa shape index (κ1) is 20.3. The molecule has 2 aromatic rings. The normalized spacial score (nSPS) is 11.1. The molecule has 0 aromatic carbocycles.